The Morgan fingerprint density at radius 1 is 1.26 bits per heavy atom. The standard InChI is InChI=1S/C18H23N3O6/c1-21-9-10-27-14-6-3-2-5-12(14)17(24)20-13(18(25)26)11-15(22)19-8-4-7-16(21)23/h2-3,5-6,13H,4,7-11H2,1H3,(H,19,22)(H,20,24)(H,25,26)/t13-/m0/s1. The summed E-state index contributed by atoms with van der Waals surface area (Å²) in [7, 11) is 1.66. The Morgan fingerprint density at radius 2 is 2.00 bits per heavy atom. The molecular weight excluding hydrogens is 354 g/mol. The summed E-state index contributed by atoms with van der Waals surface area (Å²) in [5.41, 5.74) is 0.158. The molecule has 0 radical (unpaired) electrons. The third-order valence-corrected chi connectivity index (χ3v) is 4.12. The average molecular weight is 377 g/mol. The number of carboxylic acid groups (broad SMARTS) is 1. The summed E-state index contributed by atoms with van der Waals surface area (Å²) in [6, 6.07) is 5.02. The summed E-state index contributed by atoms with van der Waals surface area (Å²) >= 11 is 0. The van der Waals surface area contributed by atoms with Gasteiger partial charge in [0.15, 0.2) is 0 Å². The zero-order valence-corrected chi connectivity index (χ0v) is 15.1. The second-order valence-corrected chi connectivity index (χ2v) is 6.18. The van der Waals surface area contributed by atoms with Gasteiger partial charge in [0, 0.05) is 20.0 Å². The Balaban J connectivity index is 2.22. The SMILES string of the molecule is CN1CCOc2ccccc2C(=O)N[C@H](C(=O)O)CC(=O)NCCCC1=O. The maximum Gasteiger partial charge on any atom is 0.326 e. The number of carboxylic acids is 1. The molecule has 1 aromatic carbocycles. The van der Waals surface area contributed by atoms with E-state index >= 15 is 0 Å². The molecule has 0 saturated carbocycles. The van der Waals surface area contributed by atoms with Gasteiger partial charge in [0.2, 0.25) is 11.8 Å². The van der Waals surface area contributed by atoms with Crippen LogP contribution in [0.15, 0.2) is 24.3 Å². The molecule has 0 fully saturated rings. The van der Waals surface area contributed by atoms with E-state index in [0.29, 0.717) is 13.0 Å². The number of para-hydroxylation sites is 1. The second-order valence-electron chi connectivity index (χ2n) is 6.18. The molecule has 0 bridgehead atoms. The fourth-order valence-electron chi connectivity index (χ4n) is 2.55. The Morgan fingerprint density at radius 3 is 2.74 bits per heavy atom. The zero-order valence-electron chi connectivity index (χ0n) is 15.1. The number of likely N-dealkylation sites (N-methyl/N-ethyl adjacent to an activating group) is 1. The summed E-state index contributed by atoms with van der Waals surface area (Å²) in [5.74, 6) is -2.29. The monoisotopic (exact) mass is 377 g/mol. The highest BCUT2D eigenvalue weighted by Gasteiger charge is 2.25. The highest BCUT2D eigenvalue weighted by molar-refractivity contribution is 5.99. The molecular formula is C18H23N3O6. The van der Waals surface area contributed by atoms with Crippen LogP contribution in [0.5, 0.6) is 5.75 Å². The van der Waals surface area contributed by atoms with E-state index in [1.54, 1.807) is 25.2 Å². The van der Waals surface area contributed by atoms with Crippen molar-refractivity contribution in [2.45, 2.75) is 25.3 Å². The number of hydrogen-bond acceptors (Lipinski definition) is 5. The van der Waals surface area contributed by atoms with E-state index in [-0.39, 0.29) is 36.8 Å². The fourth-order valence-corrected chi connectivity index (χ4v) is 2.55. The number of nitrogens with zero attached hydrogens (tertiary/aromatic N) is 1. The van der Waals surface area contributed by atoms with Crippen molar-refractivity contribution in [1.82, 2.24) is 15.5 Å². The Labute approximate surface area is 156 Å². The molecule has 0 aliphatic carbocycles. The number of ether oxygens (including phenoxy) is 1. The summed E-state index contributed by atoms with van der Waals surface area (Å²) in [6.45, 7) is 0.766. The Bertz CT molecular complexity index is 721. The van der Waals surface area contributed by atoms with E-state index in [1.807, 2.05) is 0 Å². The van der Waals surface area contributed by atoms with Gasteiger partial charge in [0.25, 0.3) is 5.91 Å². The molecule has 1 aliphatic heterocycles. The lowest BCUT2D eigenvalue weighted by Gasteiger charge is -2.20. The van der Waals surface area contributed by atoms with Gasteiger partial charge in [-0.1, -0.05) is 12.1 Å². The summed E-state index contributed by atoms with van der Waals surface area (Å²) < 4.78 is 5.61. The minimum atomic E-state index is -1.37. The van der Waals surface area contributed by atoms with Gasteiger partial charge in [0.05, 0.1) is 18.5 Å². The predicted molar refractivity (Wildman–Crippen MR) is 95.3 cm³/mol. The lowest BCUT2D eigenvalue weighted by Crippen LogP contribution is -2.44. The molecule has 1 heterocycles. The van der Waals surface area contributed by atoms with Crippen molar-refractivity contribution in [2.24, 2.45) is 0 Å². The molecule has 0 saturated heterocycles. The van der Waals surface area contributed by atoms with E-state index < -0.39 is 30.2 Å². The number of fused-ring (bicyclic) bond motifs is 1. The minimum absolute atomic E-state index is 0.0885. The first kappa shape index (κ1) is 20.2. The van der Waals surface area contributed by atoms with Crippen LogP contribution in [0.4, 0.5) is 0 Å². The normalized spacial score (nSPS) is 20.1. The van der Waals surface area contributed by atoms with Crippen molar-refractivity contribution < 1.29 is 29.0 Å². The molecule has 3 amide bonds. The van der Waals surface area contributed by atoms with E-state index in [1.165, 1.54) is 11.0 Å². The van der Waals surface area contributed by atoms with Gasteiger partial charge in [-0.15, -0.1) is 0 Å². The highest BCUT2D eigenvalue weighted by atomic mass is 16.5. The lowest BCUT2D eigenvalue weighted by atomic mass is 10.1. The molecule has 9 nitrogen and oxygen atoms in total. The number of aliphatic carboxylic acids is 1. The van der Waals surface area contributed by atoms with Gasteiger partial charge in [-0.25, -0.2) is 4.79 Å². The summed E-state index contributed by atoms with van der Waals surface area (Å²) in [6.07, 6.45) is 0.285. The number of hydrogen-bond donors (Lipinski definition) is 3. The van der Waals surface area contributed by atoms with Crippen LogP contribution in [-0.2, 0) is 14.4 Å². The van der Waals surface area contributed by atoms with Crippen LogP contribution in [0.3, 0.4) is 0 Å². The summed E-state index contributed by atoms with van der Waals surface area (Å²) in [4.78, 5) is 49.4. The van der Waals surface area contributed by atoms with Gasteiger partial charge < -0.3 is 25.4 Å². The number of carbonyl (C=O) groups is 4. The van der Waals surface area contributed by atoms with Crippen molar-refractivity contribution >= 4 is 23.7 Å². The molecule has 0 unspecified atom stereocenters. The van der Waals surface area contributed by atoms with Gasteiger partial charge in [-0.05, 0) is 18.6 Å². The number of benzene rings is 1. The van der Waals surface area contributed by atoms with E-state index in [0.717, 1.165) is 0 Å². The van der Waals surface area contributed by atoms with Crippen LogP contribution < -0.4 is 15.4 Å². The van der Waals surface area contributed by atoms with Crippen molar-refractivity contribution in [1.29, 1.82) is 0 Å². The molecule has 1 aromatic rings. The van der Waals surface area contributed by atoms with Crippen LogP contribution in [0.25, 0.3) is 0 Å². The first-order valence-electron chi connectivity index (χ1n) is 8.64. The number of carbonyl (C=O) groups excluding carboxylic acids is 3. The first-order valence-corrected chi connectivity index (χ1v) is 8.64. The van der Waals surface area contributed by atoms with Gasteiger partial charge in [0.1, 0.15) is 18.4 Å². The van der Waals surface area contributed by atoms with Crippen LogP contribution in [-0.4, -0.2) is 66.5 Å². The van der Waals surface area contributed by atoms with E-state index in [2.05, 4.69) is 10.6 Å². The largest absolute Gasteiger partial charge is 0.491 e. The summed E-state index contributed by atoms with van der Waals surface area (Å²) in [5, 5.41) is 14.2. The van der Waals surface area contributed by atoms with Crippen molar-refractivity contribution in [3.63, 3.8) is 0 Å². The smallest absolute Gasteiger partial charge is 0.326 e. The van der Waals surface area contributed by atoms with Crippen LogP contribution in [0.2, 0.25) is 0 Å². The van der Waals surface area contributed by atoms with E-state index in [9.17, 15) is 24.3 Å². The molecule has 2 rings (SSSR count). The van der Waals surface area contributed by atoms with Gasteiger partial charge >= 0.3 is 5.97 Å². The van der Waals surface area contributed by atoms with Crippen molar-refractivity contribution in [2.75, 3.05) is 26.7 Å². The number of nitrogens with one attached hydrogen (secondary N) is 2. The highest BCUT2D eigenvalue weighted by Crippen LogP contribution is 2.18. The third-order valence-electron chi connectivity index (χ3n) is 4.12. The molecule has 146 valence electrons. The number of amides is 3. The van der Waals surface area contributed by atoms with Crippen LogP contribution >= 0.6 is 0 Å². The van der Waals surface area contributed by atoms with Crippen molar-refractivity contribution in [3.05, 3.63) is 29.8 Å². The zero-order chi connectivity index (χ0) is 19.8. The number of rotatable bonds is 1. The third kappa shape index (κ3) is 5.98. The van der Waals surface area contributed by atoms with Gasteiger partial charge in [-0.3, -0.25) is 14.4 Å². The molecule has 0 aromatic heterocycles. The quantitative estimate of drug-likeness (QED) is 0.633. The second kappa shape index (κ2) is 9.56. The maximum absolute atomic E-state index is 12.5. The Hall–Kier alpha value is -3.10. The molecule has 27 heavy (non-hydrogen) atoms. The van der Waals surface area contributed by atoms with Crippen molar-refractivity contribution in [3.8, 4) is 5.75 Å². The molecule has 1 atom stereocenters. The predicted octanol–water partition coefficient (Wildman–Crippen LogP) is 0.00690. The minimum Gasteiger partial charge on any atom is -0.491 e. The molecule has 3 N–H and O–H groups in total. The average Bonchev–Trinajstić information content (AvgIpc) is 2.63. The molecule has 0 spiro atoms. The topological polar surface area (TPSA) is 125 Å². The first-order chi connectivity index (χ1) is 12.9. The lowest BCUT2D eigenvalue weighted by molar-refractivity contribution is -0.141. The van der Waals surface area contributed by atoms with E-state index in [4.69, 9.17) is 4.74 Å². The molecule has 9 heteroatoms. The molecule has 1 aliphatic rings. The van der Waals surface area contributed by atoms with Gasteiger partial charge in [-0.2, -0.15) is 0 Å². The fraction of sp³-hybridized carbons (Fsp3) is 0.444. The van der Waals surface area contributed by atoms with Crippen LogP contribution in [0, 0.1) is 0 Å². The Kier molecular flexibility index (Phi) is 7.16. The van der Waals surface area contributed by atoms with Crippen LogP contribution in [0.1, 0.15) is 29.6 Å². The maximum atomic E-state index is 12.5.